The van der Waals surface area contributed by atoms with Crippen molar-refractivity contribution in [1.29, 1.82) is 0 Å². The van der Waals surface area contributed by atoms with Crippen LogP contribution in [0, 0.1) is 6.92 Å². The van der Waals surface area contributed by atoms with Crippen LogP contribution in [-0.4, -0.2) is 37.3 Å². The first-order valence-electron chi connectivity index (χ1n) is 11.7. The van der Waals surface area contributed by atoms with E-state index in [2.05, 4.69) is 22.8 Å². The van der Waals surface area contributed by atoms with Crippen molar-refractivity contribution < 1.29 is 26.3 Å². The molecule has 1 saturated heterocycles. The summed E-state index contributed by atoms with van der Waals surface area (Å²) in [6.45, 7) is 6.81. The molecule has 1 radical (unpaired) electrons. The third-order valence-corrected chi connectivity index (χ3v) is 7.55. The molecule has 1 fully saturated rings. The maximum absolute atomic E-state index is 13.5. The normalized spacial score (nSPS) is 17.0. The van der Waals surface area contributed by atoms with E-state index in [9.17, 15) is 26.3 Å². The van der Waals surface area contributed by atoms with Gasteiger partial charge < -0.3 is 4.90 Å². The molecule has 1 aliphatic heterocycles. The second kappa shape index (κ2) is 10.6. The van der Waals surface area contributed by atoms with E-state index in [0.29, 0.717) is 26.2 Å². The van der Waals surface area contributed by atoms with Crippen molar-refractivity contribution in [2.75, 3.05) is 37.3 Å². The highest BCUT2D eigenvalue weighted by atomic mass is 32.2. The van der Waals surface area contributed by atoms with Crippen molar-refractivity contribution >= 4 is 17.4 Å². The number of para-hydroxylation sites is 1. The molecule has 2 nitrogen and oxygen atoms in total. The van der Waals surface area contributed by atoms with E-state index in [-0.39, 0.29) is 18.1 Å². The van der Waals surface area contributed by atoms with Crippen LogP contribution in [0.15, 0.2) is 77.7 Å². The monoisotopic (exact) mass is 537 g/mol. The van der Waals surface area contributed by atoms with E-state index < -0.39 is 29.0 Å². The predicted octanol–water partition coefficient (Wildman–Crippen LogP) is 7.54. The second-order valence-electron chi connectivity index (χ2n) is 9.13. The molecule has 3 aromatic rings. The molecule has 1 aliphatic rings. The largest absolute Gasteiger partial charge is 0.416 e. The zero-order valence-electron chi connectivity index (χ0n) is 20.2. The third-order valence-electron chi connectivity index (χ3n) is 6.77. The van der Waals surface area contributed by atoms with E-state index >= 15 is 0 Å². The molecular formula is C28H27F6N2S. The van der Waals surface area contributed by atoms with Crippen LogP contribution in [0.1, 0.15) is 22.3 Å². The summed E-state index contributed by atoms with van der Waals surface area (Å²) in [5, 5.41) is 0. The summed E-state index contributed by atoms with van der Waals surface area (Å²) in [6.07, 6.45) is -7.90. The molecule has 3 aromatic carbocycles. The molecule has 0 amide bonds. The number of piperazine rings is 1. The van der Waals surface area contributed by atoms with Gasteiger partial charge in [-0.25, -0.2) is 0 Å². The lowest BCUT2D eigenvalue weighted by Crippen LogP contribution is -2.55. The van der Waals surface area contributed by atoms with Gasteiger partial charge in [-0.05, 0) is 61.1 Å². The molecule has 0 saturated carbocycles. The van der Waals surface area contributed by atoms with Crippen LogP contribution in [0.2, 0.25) is 0 Å². The summed E-state index contributed by atoms with van der Waals surface area (Å²) in [5.74, 6) is 0. The van der Waals surface area contributed by atoms with Crippen LogP contribution in [0.25, 0.3) is 0 Å². The summed E-state index contributed by atoms with van der Waals surface area (Å²) < 4.78 is 81.1. The number of thioether (sulfide) groups is 1. The number of benzene rings is 3. The molecule has 1 atom stereocenters. The average Bonchev–Trinajstić information content (AvgIpc) is 2.88. The first-order chi connectivity index (χ1) is 17.4. The maximum Gasteiger partial charge on any atom is 0.416 e. The van der Waals surface area contributed by atoms with Crippen molar-refractivity contribution in [3.8, 4) is 0 Å². The Hall–Kier alpha value is -2.65. The van der Waals surface area contributed by atoms with E-state index in [4.69, 9.17) is 0 Å². The number of nitrogens with zero attached hydrogens (tertiary/aromatic N) is 2. The van der Waals surface area contributed by atoms with Crippen LogP contribution < -0.4 is 4.90 Å². The van der Waals surface area contributed by atoms with Gasteiger partial charge in [-0.15, -0.1) is 11.8 Å². The van der Waals surface area contributed by atoms with Crippen LogP contribution in [0.3, 0.4) is 0 Å². The van der Waals surface area contributed by atoms with Gasteiger partial charge in [0.05, 0.1) is 22.4 Å². The minimum absolute atomic E-state index is 0.0591. The Balaban J connectivity index is 1.68. The fourth-order valence-electron chi connectivity index (χ4n) is 4.87. The molecule has 0 spiro atoms. The highest BCUT2D eigenvalue weighted by Gasteiger charge is 2.40. The number of hydrogen-bond donors (Lipinski definition) is 0. The Morgan fingerprint density at radius 1 is 0.730 bits per heavy atom. The Morgan fingerprint density at radius 3 is 1.81 bits per heavy atom. The highest BCUT2D eigenvalue weighted by molar-refractivity contribution is 7.98. The van der Waals surface area contributed by atoms with Gasteiger partial charge >= 0.3 is 12.4 Å². The van der Waals surface area contributed by atoms with Crippen molar-refractivity contribution in [3.05, 3.63) is 102 Å². The molecule has 9 heteroatoms. The van der Waals surface area contributed by atoms with Crippen LogP contribution in [-0.2, 0) is 24.3 Å². The maximum atomic E-state index is 13.5. The summed E-state index contributed by atoms with van der Waals surface area (Å²) in [5.41, 5.74) is -1.90. The Morgan fingerprint density at radius 2 is 1.27 bits per heavy atom. The van der Waals surface area contributed by atoms with Crippen LogP contribution in [0.5, 0.6) is 0 Å². The third kappa shape index (κ3) is 6.09. The van der Waals surface area contributed by atoms with Crippen molar-refractivity contribution in [3.63, 3.8) is 0 Å². The van der Waals surface area contributed by atoms with Gasteiger partial charge in [-0.1, -0.05) is 42.5 Å². The first kappa shape index (κ1) is 27.4. The molecule has 0 N–H and O–H groups in total. The fraction of sp³-hybridized carbons (Fsp3) is 0.321. The van der Waals surface area contributed by atoms with E-state index in [0.717, 1.165) is 28.3 Å². The van der Waals surface area contributed by atoms with Gasteiger partial charge in [0.2, 0.25) is 0 Å². The van der Waals surface area contributed by atoms with Crippen molar-refractivity contribution in [2.24, 2.45) is 0 Å². The zero-order chi connectivity index (χ0) is 26.8. The predicted molar refractivity (Wildman–Crippen MR) is 136 cm³/mol. The minimum atomic E-state index is -4.90. The Labute approximate surface area is 217 Å². The number of alkyl halides is 6. The number of halogens is 6. The zero-order valence-corrected chi connectivity index (χ0v) is 21.1. The SMILES string of the molecule is [CH2]C(Cc1cc(C(F)(F)F)cc(C(F)(F)F)c1)(c1ccccc1)N1CCN(c2ccccc2SC)CC1. The highest BCUT2D eigenvalue weighted by Crippen LogP contribution is 2.40. The first-order valence-corrected chi connectivity index (χ1v) is 13.0. The van der Waals surface area contributed by atoms with E-state index in [1.807, 2.05) is 42.7 Å². The van der Waals surface area contributed by atoms with Gasteiger partial charge in [0.1, 0.15) is 0 Å². The lowest BCUT2D eigenvalue weighted by atomic mass is 9.82. The molecule has 0 bridgehead atoms. The molecular weight excluding hydrogens is 510 g/mol. The molecule has 0 aliphatic carbocycles. The number of hydrogen-bond acceptors (Lipinski definition) is 3. The fourth-order valence-corrected chi connectivity index (χ4v) is 5.49. The molecule has 0 aromatic heterocycles. The second-order valence-corrected chi connectivity index (χ2v) is 9.98. The number of rotatable bonds is 6. The van der Waals surface area contributed by atoms with Gasteiger partial charge in [0, 0.05) is 31.1 Å². The van der Waals surface area contributed by atoms with Crippen molar-refractivity contribution in [2.45, 2.75) is 29.2 Å². The standard InChI is InChI=1S/C28H27F6N2S/c1-26(21-8-4-3-5-9-21,19-20-16-22(27(29,30)31)18-23(17-20)28(32,33)34)36-14-12-35(13-15-36)24-10-6-7-11-25(24)37-2/h3-11,16-18H,1,12-15,19H2,2H3. The summed E-state index contributed by atoms with van der Waals surface area (Å²) in [6, 6.07) is 18.9. The summed E-state index contributed by atoms with van der Waals surface area (Å²) in [4.78, 5) is 5.46. The minimum Gasteiger partial charge on any atom is -0.368 e. The van der Waals surface area contributed by atoms with Crippen LogP contribution >= 0.6 is 11.8 Å². The van der Waals surface area contributed by atoms with E-state index in [1.165, 1.54) is 0 Å². The Bertz CT molecular complexity index is 1170. The molecule has 4 rings (SSSR count). The lowest BCUT2D eigenvalue weighted by molar-refractivity contribution is -0.143. The van der Waals surface area contributed by atoms with E-state index in [1.54, 1.807) is 23.9 Å². The quantitative estimate of drug-likeness (QED) is 0.237. The smallest absolute Gasteiger partial charge is 0.368 e. The topological polar surface area (TPSA) is 6.48 Å². The van der Waals surface area contributed by atoms with Crippen molar-refractivity contribution in [1.82, 2.24) is 4.90 Å². The molecule has 1 heterocycles. The molecule has 37 heavy (non-hydrogen) atoms. The molecule has 1 unspecified atom stereocenters. The summed E-state index contributed by atoms with van der Waals surface area (Å²) in [7, 11) is 0. The lowest BCUT2D eigenvalue weighted by Gasteiger charge is -2.47. The van der Waals surface area contributed by atoms with Gasteiger partial charge in [-0.2, -0.15) is 26.3 Å². The average molecular weight is 538 g/mol. The van der Waals surface area contributed by atoms with Gasteiger partial charge in [0.25, 0.3) is 0 Å². The van der Waals surface area contributed by atoms with Crippen LogP contribution in [0.4, 0.5) is 32.0 Å². The van der Waals surface area contributed by atoms with Gasteiger partial charge in [0.15, 0.2) is 0 Å². The summed E-state index contributed by atoms with van der Waals surface area (Å²) >= 11 is 1.65. The molecule has 197 valence electrons. The number of anilines is 1. The van der Waals surface area contributed by atoms with Gasteiger partial charge in [-0.3, -0.25) is 4.90 Å². The Kier molecular flexibility index (Phi) is 7.85.